The summed E-state index contributed by atoms with van der Waals surface area (Å²) >= 11 is 0. The van der Waals surface area contributed by atoms with Crippen LogP contribution >= 0.6 is 0 Å². The highest BCUT2D eigenvalue weighted by atomic mass is 16.1. The molecule has 2 aromatic carbocycles. The molecule has 1 aliphatic rings. The van der Waals surface area contributed by atoms with Gasteiger partial charge in [-0.2, -0.15) is 0 Å². The number of hydrogen-bond acceptors (Lipinski definition) is 2. The van der Waals surface area contributed by atoms with Crippen molar-refractivity contribution >= 4 is 5.91 Å². The Kier molecular flexibility index (Phi) is 4.77. The van der Waals surface area contributed by atoms with Gasteiger partial charge >= 0.3 is 0 Å². The number of benzene rings is 2. The Balaban J connectivity index is 1.60. The Morgan fingerprint density at radius 2 is 1.83 bits per heavy atom. The van der Waals surface area contributed by atoms with Gasteiger partial charge in [-0.3, -0.25) is 9.69 Å². The predicted molar refractivity (Wildman–Crippen MR) is 93.6 cm³/mol. The summed E-state index contributed by atoms with van der Waals surface area (Å²) in [6, 6.07) is 16.8. The third-order valence-corrected chi connectivity index (χ3v) is 4.74. The zero-order valence-corrected chi connectivity index (χ0v) is 13.9. The number of carbonyl (C=O) groups excluding carboxylic acids is 1. The van der Waals surface area contributed by atoms with Crippen LogP contribution in [0.2, 0.25) is 0 Å². The number of nitrogens with zero attached hydrogens (tertiary/aromatic N) is 1. The van der Waals surface area contributed by atoms with Crippen molar-refractivity contribution in [1.29, 1.82) is 0 Å². The van der Waals surface area contributed by atoms with Crippen LogP contribution < -0.4 is 5.32 Å². The Morgan fingerprint density at radius 1 is 1.13 bits per heavy atom. The van der Waals surface area contributed by atoms with Gasteiger partial charge in [-0.05, 0) is 48.7 Å². The molecule has 1 amide bonds. The fraction of sp³-hybridized carbons (Fsp3) is 0.350. The highest BCUT2D eigenvalue weighted by Crippen LogP contribution is 2.21. The van der Waals surface area contributed by atoms with Crippen LogP contribution in [-0.2, 0) is 19.4 Å². The number of fused-ring (bicyclic) bond motifs is 1. The van der Waals surface area contributed by atoms with E-state index in [9.17, 15) is 4.79 Å². The Morgan fingerprint density at radius 3 is 2.52 bits per heavy atom. The van der Waals surface area contributed by atoms with Gasteiger partial charge in [-0.1, -0.05) is 43.3 Å². The van der Waals surface area contributed by atoms with Crippen LogP contribution in [0.5, 0.6) is 0 Å². The van der Waals surface area contributed by atoms with Gasteiger partial charge in [0.15, 0.2) is 0 Å². The van der Waals surface area contributed by atoms with E-state index in [2.05, 4.69) is 48.5 Å². The van der Waals surface area contributed by atoms with Crippen molar-refractivity contribution in [3.05, 3.63) is 70.8 Å². The van der Waals surface area contributed by atoms with Crippen LogP contribution in [0, 0.1) is 0 Å². The molecule has 1 unspecified atom stereocenters. The lowest BCUT2D eigenvalue weighted by molar-refractivity contribution is 0.0934. The van der Waals surface area contributed by atoms with E-state index in [0.29, 0.717) is 12.6 Å². The van der Waals surface area contributed by atoms with E-state index in [-0.39, 0.29) is 5.91 Å². The van der Waals surface area contributed by atoms with E-state index in [4.69, 9.17) is 0 Å². The first-order chi connectivity index (χ1) is 11.2. The molecule has 0 aromatic heterocycles. The Labute approximate surface area is 138 Å². The van der Waals surface area contributed by atoms with E-state index >= 15 is 0 Å². The van der Waals surface area contributed by atoms with E-state index in [1.54, 1.807) is 0 Å². The molecule has 0 aliphatic carbocycles. The van der Waals surface area contributed by atoms with Crippen LogP contribution in [0.1, 0.15) is 34.0 Å². The molecule has 0 saturated carbocycles. The monoisotopic (exact) mass is 308 g/mol. The average Bonchev–Trinajstić information content (AvgIpc) is 2.59. The Hall–Kier alpha value is -2.13. The molecular formula is C20H24N2O. The molecule has 120 valence electrons. The second-order valence-electron chi connectivity index (χ2n) is 6.30. The number of hydrogen-bond donors (Lipinski definition) is 1. The number of amides is 1. The number of aryl methyl sites for hydroxylation is 1. The number of carbonyl (C=O) groups is 1. The summed E-state index contributed by atoms with van der Waals surface area (Å²) in [5.41, 5.74) is 4.79. The van der Waals surface area contributed by atoms with Crippen LogP contribution in [0.25, 0.3) is 0 Å². The third kappa shape index (κ3) is 3.62. The lowest BCUT2D eigenvalue weighted by Crippen LogP contribution is -2.45. The number of rotatable bonds is 4. The molecule has 3 heteroatoms. The van der Waals surface area contributed by atoms with Gasteiger partial charge in [0.05, 0.1) is 0 Å². The highest BCUT2D eigenvalue weighted by molar-refractivity contribution is 5.94. The average molecular weight is 308 g/mol. The standard InChI is InChI=1S/C20H24N2O/c1-3-15-8-10-16(11-9-15)20(23)21-13-19-12-17-6-4-5-7-18(17)14-22(19)2/h4-11,19H,3,12-14H2,1-2H3,(H,21,23). The molecule has 1 heterocycles. The molecule has 0 spiro atoms. The van der Waals surface area contributed by atoms with Gasteiger partial charge in [0, 0.05) is 24.7 Å². The molecule has 1 atom stereocenters. The molecule has 0 saturated heterocycles. The zero-order chi connectivity index (χ0) is 16.2. The van der Waals surface area contributed by atoms with Crippen molar-refractivity contribution in [2.45, 2.75) is 32.4 Å². The molecular weight excluding hydrogens is 284 g/mol. The van der Waals surface area contributed by atoms with Crippen molar-refractivity contribution in [2.75, 3.05) is 13.6 Å². The van der Waals surface area contributed by atoms with Crippen molar-refractivity contribution in [2.24, 2.45) is 0 Å². The van der Waals surface area contributed by atoms with Gasteiger partial charge in [0.25, 0.3) is 5.91 Å². The molecule has 1 aliphatic heterocycles. The molecule has 23 heavy (non-hydrogen) atoms. The minimum absolute atomic E-state index is 0.0138. The largest absolute Gasteiger partial charge is 0.350 e. The predicted octanol–water partition coefficient (Wildman–Crippen LogP) is 3.04. The summed E-state index contributed by atoms with van der Waals surface area (Å²) < 4.78 is 0. The van der Waals surface area contributed by atoms with E-state index in [0.717, 1.165) is 24.9 Å². The molecule has 0 bridgehead atoms. The van der Waals surface area contributed by atoms with Crippen molar-refractivity contribution < 1.29 is 4.79 Å². The first-order valence-electron chi connectivity index (χ1n) is 8.31. The maximum absolute atomic E-state index is 12.3. The first-order valence-corrected chi connectivity index (χ1v) is 8.31. The van der Waals surface area contributed by atoms with Crippen LogP contribution in [0.15, 0.2) is 48.5 Å². The van der Waals surface area contributed by atoms with E-state index < -0.39 is 0 Å². The van der Waals surface area contributed by atoms with Crippen LogP contribution in [0.4, 0.5) is 0 Å². The van der Waals surface area contributed by atoms with Crippen LogP contribution in [-0.4, -0.2) is 30.4 Å². The lowest BCUT2D eigenvalue weighted by atomic mass is 9.94. The highest BCUT2D eigenvalue weighted by Gasteiger charge is 2.23. The van der Waals surface area contributed by atoms with Gasteiger partial charge < -0.3 is 5.32 Å². The minimum Gasteiger partial charge on any atom is -0.350 e. The molecule has 2 aromatic rings. The summed E-state index contributed by atoms with van der Waals surface area (Å²) in [5, 5.41) is 3.09. The molecule has 3 rings (SSSR count). The summed E-state index contributed by atoms with van der Waals surface area (Å²) in [4.78, 5) is 14.6. The fourth-order valence-electron chi connectivity index (χ4n) is 3.15. The van der Waals surface area contributed by atoms with Crippen LogP contribution in [0.3, 0.4) is 0 Å². The van der Waals surface area contributed by atoms with Crippen molar-refractivity contribution in [3.63, 3.8) is 0 Å². The summed E-state index contributed by atoms with van der Waals surface area (Å²) in [6.07, 6.45) is 1.98. The van der Waals surface area contributed by atoms with Crippen molar-refractivity contribution in [3.8, 4) is 0 Å². The zero-order valence-electron chi connectivity index (χ0n) is 13.9. The minimum atomic E-state index is 0.0138. The quantitative estimate of drug-likeness (QED) is 0.941. The summed E-state index contributed by atoms with van der Waals surface area (Å²) in [7, 11) is 2.13. The molecule has 3 nitrogen and oxygen atoms in total. The smallest absolute Gasteiger partial charge is 0.251 e. The van der Waals surface area contributed by atoms with Crippen molar-refractivity contribution in [1.82, 2.24) is 10.2 Å². The van der Waals surface area contributed by atoms with Gasteiger partial charge in [0.2, 0.25) is 0 Å². The van der Waals surface area contributed by atoms with Gasteiger partial charge in [-0.25, -0.2) is 0 Å². The van der Waals surface area contributed by atoms with E-state index in [1.807, 2.05) is 24.3 Å². The first kappa shape index (κ1) is 15.8. The topological polar surface area (TPSA) is 32.3 Å². The SMILES string of the molecule is CCc1ccc(C(=O)NCC2Cc3ccccc3CN2C)cc1. The Bertz CT molecular complexity index is 678. The fourth-order valence-corrected chi connectivity index (χ4v) is 3.15. The lowest BCUT2D eigenvalue weighted by Gasteiger charge is -2.34. The van der Waals surface area contributed by atoms with Gasteiger partial charge in [0.1, 0.15) is 0 Å². The molecule has 0 radical (unpaired) electrons. The second-order valence-corrected chi connectivity index (χ2v) is 6.30. The molecule has 0 fully saturated rings. The summed E-state index contributed by atoms with van der Waals surface area (Å²) in [6.45, 7) is 3.74. The second kappa shape index (κ2) is 6.97. The third-order valence-electron chi connectivity index (χ3n) is 4.74. The molecule has 1 N–H and O–H groups in total. The van der Waals surface area contributed by atoms with Gasteiger partial charge in [-0.15, -0.1) is 0 Å². The maximum Gasteiger partial charge on any atom is 0.251 e. The number of nitrogens with one attached hydrogen (secondary N) is 1. The summed E-state index contributed by atoms with van der Waals surface area (Å²) in [5.74, 6) is 0.0138. The maximum atomic E-state index is 12.3. The normalized spacial score (nSPS) is 17.6. The van der Waals surface area contributed by atoms with E-state index in [1.165, 1.54) is 16.7 Å². The number of likely N-dealkylation sites (N-methyl/N-ethyl adjacent to an activating group) is 1.